The van der Waals surface area contributed by atoms with Crippen LogP contribution in [0.25, 0.3) is 0 Å². The fraction of sp³-hybridized carbons (Fsp3) is 0.500. The number of ether oxygens (including phenoxy) is 2. The summed E-state index contributed by atoms with van der Waals surface area (Å²) in [6, 6.07) is 8.74. The highest BCUT2D eigenvalue weighted by molar-refractivity contribution is 5.64. The minimum atomic E-state index is 0.502. The van der Waals surface area contributed by atoms with Gasteiger partial charge in [-0.1, -0.05) is 0 Å². The van der Waals surface area contributed by atoms with Crippen LogP contribution in [-0.4, -0.2) is 42.2 Å². The predicted octanol–water partition coefficient (Wildman–Crippen LogP) is 3.85. The van der Waals surface area contributed by atoms with Crippen molar-refractivity contribution in [1.29, 1.82) is 0 Å². The Bertz CT molecular complexity index is 746. The average Bonchev–Trinajstić information content (AvgIpc) is 2.67. The van der Waals surface area contributed by atoms with Crippen molar-refractivity contribution in [2.24, 2.45) is 0 Å². The van der Waals surface area contributed by atoms with E-state index in [4.69, 9.17) is 15.2 Å². The van der Waals surface area contributed by atoms with E-state index in [2.05, 4.69) is 21.3 Å². The lowest BCUT2D eigenvalue weighted by Crippen LogP contribution is -2.38. The number of aromatic nitrogens is 1. The first kappa shape index (κ1) is 20.3. The molecule has 0 aliphatic carbocycles. The number of nitrogens with two attached hydrogens (primary N) is 1. The highest BCUT2D eigenvalue weighted by Gasteiger charge is 2.20. The molecule has 0 spiro atoms. The van der Waals surface area contributed by atoms with Crippen molar-refractivity contribution in [1.82, 2.24) is 9.88 Å². The summed E-state index contributed by atoms with van der Waals surface area (Å²) in [4.78, 5) is 6.74. The van der Waals surface area contributed by atoms with Crippen LogP contribution in [0.5, 0.6) is 11.5 Å². The summed E-state index contributed by atoms with van der Waals surface area (Å²) >= 11 is 0. The number of piperidine rings is 1. The molecule has 0 unspecified atom stereocenters. The molecule has 3 rings (SSSR count). The molecule has 1 aliphatic rings. The van der Waals surface area contributed by atoms with Crippen LogP contribution in [0.4, 0.5) is 11.4 Å². The van der Waals surface area contributed by atoms with Gasteiger partial charge in [-0.25, -0.2) is 0 Å². The van der Waals surface area contributed by atoms with Crippen LogP contribution in [0.2, 0.25) is 0 Å². The molecule has 1 aromatic heterocycles. The maximum atomic E-state index is 6.18. The van der Waals surface area contributed by atoms with Gasteiger partial charge in [0.15, 0.2) is 0 Å². The van der Waals surface area contributed by atoms with Crippen molar-refractivity contribution < 1.29 is 9.47 Å². The Morgan fingerprint density at radius 2 is 1.75 bits per heavy atom. The molecule has 28 heavy (non-hydrogen) atoms. The molecule has 6 heteroatoms. The van der Waals surface area contributed by atoms with Crippen molar-refractivity contribution in [3.05, 3.63) is 41.7 Å². The van der Waals surface area contributed by atoms with Gasteiger partial charge in [0, 0.05) is 43.3 Å². The fourth-order valence-corrected chi connectivity index (χ4v) is 3.66. The Hall–Kier alpha value is -2.47. The zero-order valence-electron chi connectivity index (χ0n) is 17.2. The molecule has 0 saturated carbocycles. The van der Waals surface area contributed by atoms with Gasteiger partial charge in [0.05, 0.1) is 13.2 Å². The van der Waals surface area contributed by atoms with E-state index in [1.807, 2.05) is 45.2 Å². The van der Waals surface area contributed by atoms with Crippen molar-refractivity contribution in [2.75, 3.05) is 37.4 Å². The molecular weight excluding hydrogens is 352 g/mol. The Morgan fingerprint density at radius 1 is 1.11 bits per heavy atom. The summed E-state index contributed by atoms with van der Waals surface area (Å²) in [7, 11) is 0. The topological polar surface area (TPSA) is 72.6 Å². The van der Waals surface area contributed by atoms with Crippen LogP contribution >= 0.6 is 0 Å². The number of nitrogen functional groups attached to an aromatic ring is 1. The predicted molar refractivity (Wildman–Crippen MR) is 114 cm³/mol. The Balaban J connectivity index is 1.59. The third-order valence-electron chi connectivity index (χ3n) is 5.02. The van der Waals surface area contributed by atoms with E-state index in [0.717, 1.165) is 43.9 Å². The summed E-state index contributed by atoms with van der Waals surface area (Å²) in [5.41, 5.74) is 10.1. The van der Waals surface area contributed by atoms with E-state index in [1.165, 1.54) is 5.56 Å². The quantitative estimate of drug-likeness (QED) is 0.674. The standard InChI is InChI=1S/C22H32N4O2/c1-4-27-20-13-17(14-21(22(20)23)28-5-2)15-26-10-7-18(8-11-26)25-19-6-9-24-16(3)12-19/h6,9,12-14,18H,4-5,7-8,10-11,15,23H2,1-3H3,(H,24,25). The first-order valence-corrected chi connectivity index (χ1v) is 10.2. The smallest absolute Gasteiger partial charge is 0.146 e. The second-order valence-corrected chi connectivity index (χ2v) is 7.25. The van der Waals surface area contributed by atoms with Gasteiger partial charge in [-0.3, -0.25) is 9.88 Å². The minimum absolute atomic E-state index is 0.502. The molecule has 1 fully saturated rings. The van der Waals surface area contributed by atoms with Crippen LogP contribution < -0.4 is 20.5 Å². The summed E-state index contributed by atoms with van der Waals surface area (Å²) in [5.74, 6) is 1.43. The molecular formula is C22H32N4O2. The third kappa shape index (κ3) is 5.29. The molecule has 0 atom stereocenters. The van der Waals surface area contributed by atoms with Gasteiger partial charge in [0.2, 0.25) is 0 Å². The monoisotopic (exact) mass is 384 g/mol. The van der Waals surface area contributed by atoms with Gasteiger partial charge in [0.1, 0.15) is 17.2 Å². The van der Waals surface area contributed by atoms with E-state index in [1.54, 1.807) is 0 Å². The second kappa shape index (κ2) is 9.64. The normalized spacial score (nSPS) is 15.4. The van der Waals surface area contributed by atoms with E-state index >= 15 is 0 Å². The van der Waals surface area contributed by atoms with Gasteiger partial charge >= 0.3 is 0 Å². The average molecular weight is 385 g/mol. The van der Waals surface area contributed by atoms with Crippen molar-refractivity contribution >= 4 is 11.4 Å². The molecule has 0 amide bonds. The molecule has 0 radical (unpaired) electrons. The zero-order chi connectivity index (χ0) is 19.9. The van der Waals surface area contributed by atoms with Gasteiger partial charge in [-0.2, -0.15) is 0 Å². The third-order valence-corrected chi connectivity index (χ3v) is 5.02. The number of pyridine rings is 1. The zero-order valence-corrected chi connectivity index (χ0v) is 17.2. The van der Waals surface area contributed by atoms with Crippen LogP contribution in [0, 0.1) is 6.92 Å². The largest absolute Gasteiger partial charge is 0.492 e. The van der Waals surface area contributed by atoms with Gasteiger partial charge in [-0.15, -0.1) is 0 Å². The maximum Gasteiger partial charge on any atom is 0.146 e. The van der Waals surface area contributed by atoms with Crippen LogP contribution in [0.1, 0.15) is 37.9 Å². The van der Waals surface area contributed by atoms with Crippen molar-refractivity contribution in [2.45, 2.75) is 46.2 Å². The Morgan fingerprint density at radius 3 is 2.32 bits per heavy atom. The number of hydrogen-bond donors (Lipinski definition) is 2. The lowest BCUT2D eigenvalue weighted by Gasteiger charge is -2.33. The van der Waals surface area contributed by atoms with Gasteiger partial charge in [-0.05, 0) is 63.4 Å². The summed E-state index contributed by atoms with van der Waals surface area (Å²) in [6.45, 7) is 10.1. The number of likely N-dealkylation sites (tertiary alicyclic amines) is 1. The molecule has 0 bridgehead atoms. The summed E-state index contributed by atoms with van der Waals surface area (Å²) in [5, 5.41) is 3.64. The number of nitrogens with zero attached hydrogens (tertiary/aromatic N) is 2. The Kier molecular flexibility index (Phi) is 6.98. The molecule has 1 saturated heterocycles. The van der Waals surface area contributed by atoms with Crippen LogP contribution in [0.15, 0.2) is 30.5 Å². The first-order chi connectivity index (χ1) is 13.6. The van der Waals surface area contributed by atoms with Gasteiger partial charge < -0.3 is 20.5 Å². The first-order valence-electron chi connectivity index (χ1n) is 10.2. The van der Waals surface area contributed by atoms with E-state index in [9.17, 15) is 0 Å². The number of nitrogens with one attached hydrogen (secondary N) is 1. The molecule has 2 heterocycles. The molecule has 6 nitrogen and oxygen atoms in total. The number of rotatable bonds is 8. The number of aryl methyl sites for hydroxylation is 1. The lowest BCUT2D eigenvalue weighted by molar-refractivity contribution is 0.210. The molecule has 152 valence electrons. The SMILES string of the molecule is CCOc1cc(CN2CCC(Nc3ccnc(C)c3)CC2)cc(OCC)c1N. The molecule has 1 aliphatic heterocycles. The van der Waals surface area contributed by atoms with E-state index in [-0.39, 0.29) is 0 Å². The minimum Gasteiger partial charge on any atom is -0.492 e. The molecule has 1 aromatic carbocycles. The summed E-state index contributed by atoms with van der Waals surface area (Å²) in [6.07, 6.45) is 4.10. The number of anilines is 2. The second-order valence-electron chi connectivity index (χ2n) is 7.25. The van der Waals surface area contributed by atoms with E-state index in [0.29, 0.717) is 36.4 Å². The van der Waals surface area contributed by atoms with Crippen molar-refractivity contribution in [3.63, 3.8) is 0 Å². The fourth-order valence-electron chi connectivity index (χ4n) is 3.66. The highest BCUT2D eigenvalue weighted by Crippen LogP contribution is 2.34. The van der Waals surface area contributed by atoms with Crippen LogP contribution in [-0.2, 0) is 6.54 Å². The van der Waals surface area contributed by atoms with Gasteiger partial charge in [0.25, 0.3) is 0 Å². The summed E-state index contributed by atoms with van der Waals surface area (Å²) < 4.78 is 11.4. The molecule has 2 aromatic rings. The molecule has 3 N–H and O–H groups in total. The van der Waals surface area contributed by atoms with Crippen LogP contribution in [0.3, 0.4) is 0 Å². The maximum absolute atomic E-state index is 6.18. The number of benzene rings is 1. The Labute approximate surface area is 168 Å². The number of hydrogen-bond acceptors (Lipinski definition) is 6. The van der Waals surface area contributed by atoms with Crippen molar-refractivity contribution in [3.8, 4) is 11.5 Å². The highest BCUT2D eigenvalue weighted by atomic mass is 16.5. The lowest BCUT2D eigenvalue weighted by atomic mass is 10.0. The van der Waals surface area contributed by atoms with E-state index < -0.39 is 0 Å².